The van der Waals surface area contributed by atoms with Crippen LogP contribution in [-0.2, 0) is 20.7 Å². The maximum Gasteiger partial charge on any atom is 0.336 e. The van der Waals surface area contributed by atoms with Gasteiger partial charge in [0.2, 0.25) is 0 Å². The molecule has 1 aromatic rings. The first-order chi connectivity index (χ1) is 8.92. The first-order valence-corrected chi connectivity index (χ1v) is 6.37. The standard InChI is InChI=1S/C16H22O3/c1-16(2,3)19-15(17)14(12-18-4)11-10-13-8-6-5-7-9-13/h5-9,11H,10,12H2,1-4H3. The summed E-state index contributed by atoms with van der Waals surface area (Å²) in [6, 6.07) is 9.97. The van der Waals surface area contributed by atoms with Gasteiger partial charge in [-0.1, -0.05) is 36.4 Å². The van der Waals surface area contributed by atoms with Crippen molar-refractivity contribution in [2.45, 2.75) is 32.8 Å². The van der Waals surface area contributed by atoms with E-state index >= 15 is 0 Å². The minimum Gasteiger partial charge on any atom is -0.457 e. The Balaban J connectivity index is 2.74. The molecular formula is C16H22O3. The molecule has 0 heterocycles. The van der Waals surface area contributed by atoms with E-state index in [1.807, 2.05) is 57.2 Å². The fraction of sp³-hybridized carbons (Fsp3) is 0.438. The lowest BCUT2D eigenvalue weighted by Gasteiger charge is -2.20. The molecule has 1 aromatic carbocycles. The third kappa shape index (κ3) is 6.20. The molecule has 0 saturated carbocycles. The average molecular weight is 262 g/mol. The van der Waals surface area contributed by atoms with Crippen LogP contribution < -0.4 is 0 Å². The molecule has 0 atom stereocenters. The van der Waals surface area contributed by atoms with E-state index in [0.29, 0.717) is 12.0 Å². The Morgan fingerprint density at radius 2 is 1.84 bits per heavy atom. The molecule has 0 aliphatic heterocycles. The van der Waals surface area contributed by atoms with E-state index in [2.05, 4.69) is 0 Å². The van der Waals surface area contributed by atoms with Gasteiger partial charge in [0, 0.05) is 7.11 Å². The van der Waals surface area contributed by atoms with Crippen LogP contribution in [0.1, 0.15) is 26.3 Å². The molecule has 0 unspecified atom stereocenters. The number of methoxy groups -OCH3 is 1. The number of hydrogen-bond donors (Lipinski definition) is 0. The summed E-state index contributed by atoms with van der Waals surface area (Å²) in [6.45, 7) is 5.83. The molecule has 0 aromatic heterocycles. The summed E-state index contributed by atoms with van der Waals surface area (Å²) in [5.74, 6) is -0.315. The Hall–Kier alpha value is -1.61. The number of carbonyl (C=O) groups is 1. The van der Waals surface area contributed by atoms with E-state index in [1.165, 1.54) is 0 Å². The zero-order valence-electron chi connectivity index (χ0n) is 12.1. The molecule has 0 saturated heterocycles. The molecule has 3 heteroatoms. The summed E-state index contributed by atoms with van der Waals surface area (Å²) in [6.07, 6.45) is 2.56. The molecule has 104 valence electrons. The van der Waals surface area contributed by atoms with Gasteiger partial charge in [0.15, 0.2) is 0 Å². The van der Waals surface area contributed by atoms with Crippen LogP contribution in [0.5, 0.6) is 0 Å². The fourth-order valence-electron chi connectivity index (χ4n) is 1.56. The van der Waals surface area contributed by atoms with Crippen LogP contribution in [-0.4, -0.2) is 25.3 Å². The van der Waals surface area contributed by atoms with E-state index in [1.54, 1.807) is 7.11 Å². The van der Waals surface area contributed by atoms with Crippen molar-refractivity contribution in [1.82, 2.24) is 0 Å². The minimum absolute atomic E-state index is 0.266. The lowest BCUT2D eigenvalue weighted by molar-refractivity contribution is -0.150. The number of carbonyl (C=O) groups excluding carboxylic acids is 1. The second kappa shape index (κ2) is 7.10. The summed E-state index contributed by atoms with van der Waals surface area (Å²) < 4.78 is 10.4. The molecule has 0 N–H and O–H groups in total. The minimum atomic E-state index is -0.489. The van der Waals surface area contributed by atoms with E-state index in [4.69, 9.17) is 9.47 Å². The van der Waals surface area contributed by atoms with Crippen molar-refractivity contribution in [3.05, 3.63) is 47.5 Å². The van der Waals surface area contributed by atoms with Crippen molar-refractivity contribution >= 4 is 5.97 Å². The monoisotopic (exact) mass is 262 g/mol. The van der Waals surface area contributed by atoms with Crippen LogP contribution in [0.25, 0.3) is 0 Å². The number of benzene rings is 1. The number of ether oxygens (including phenoxy) is 2. The van der Waals surface area contributed by atoms with Crippen molar-refractivity contribution in [1.29, 1.82) is 0 Å². The molecule has 3 nitrogen and oxygen atoms in total. The zero-order valence-corrected chi connectivity index (χ0v) is 12.1. The highest BCUT2D eigenvalue weighted by molar-refractivity contribution is 5.89. The number of esters is 1. The molecule has 0 bridgehead atoms. The Morgan fingerprint density at radius 3 is 2.37 bits per heavy atom. The van der Waals surface area contributed by atoms with Crippen LogP contribution in [0.15, 0.2) is 42.0 Å². The van der Waals surface area contributed by atoms with E-state index in [0.717, 1.165) is 5.56 Å². The maximum absolute atomic E-state index is 12.0. The molecule has 0 radical (unpaired) electrons. The quantitative estimate of drug-likeness (QED) is 0.604. The Kier molecular flexibility index (Phi) is 5.77. The third-order valence-electron chi connectivity index (χ3n) is 2.39. The van der Waals surface area contributed by atoms with Crippen LogP contribution in [0.4, 0.5) is 0 Å². The summed E-state index contributed by atoms with van der Waals surface area (Å²) >= 11 is 0. The molecule has 19 heavy (non-hydrogen) atoms. The lowest BCUT2D eigenvalue weighted by atomic mass is 10.1. The Labute approximate surface area is 115 Å². The highest BCUT2D eigenvalue weighted by Gasteiger charge is 2.19. The maximum atomic E-state index is 12.0. The van der Waals surface area contributed by atoms with Crippen LogP contribution in [0.2, 0.25) is 0 Å². The number of hydrogen-bond acceptors (Lipinski definition) is 3. The van der Waals surface area contributed by atoms with E-state index in [-0.39, 0.29) is 12.6 Å². The average Bonchev–Trinajstić information content (AvgIpc) is 2.33. The van der Waals surface area contributed by atoms with Gasteiger partial charge in [-0.15, -0.1) is 0 Å². The molecular weight excluding hydrogens is 240 g/mol. The van der Waals surface area contributed by atoms with Crippen molar-refractivity contribution in [2.75, 3.05) is 13.7 Å². The zero-order chi connectivity index (χ0) is 14.3. The van der Waals surface area contributed by atoms with Gasteiger partial charge in [-0.2, -0.15) is 0 Å². The number of allylic oxidation sites excluding steroid dienone is 1. The van der Waals surface area contributed by atoms with E-state index < -0.39 is 5.60 Å². The molecule has 0 spiro atoms. The highest BCUT2D eigenvalue weighted by Crippen LogP contribution is 2.12. The van der Waals surface area contributed by atoms with Crippen LogP contribution in [0.3, 0.4) is 0 Å². The van der Waals surface area contributed by atoms with Crippen LogP contribution in [0, 0.1) is 0 Å². The molecule has 0 aliphatic carbocycles. The van der Waals surface area contributed by atoms with Gasteiger partial charge in [0.25, 0.3) is 0 Å². The second-order valence-electron chi connectivity index (χ2n) is 5.35. The van der Waals surface area contributed by atoms with Gasteiger partial charge < -0.3 is 9.47 Å². The van der Waals surface area contributed by atoms with Gasteiger partial charge in [-0.3, -0.25) is 0 Å². The van der Waals surface area contributed by atoms with Crippen molar-refractivity contribution in [3.63, 3.8) is 0 Å². The Morgan fingerprint density at radius 1 is 1.21 bits per heavy atom. The summed E-state index contributed by atoms with van der Waals surface area (Å²) in [4.78, 5) is 12.0. The summed E-state index contributed by atoms with van der Waals surface area (Å²) in [5, 5.41) is 0. The van der Waals surface area contributed by atoms with Gasteiger partial charge in [-0.05, 0) is 32.8 Å². The van der Waals surface area contributed by atoms with Gasteiger partial charge in [-0.25, -0.2) is 4.79 Å². The predicted octanol–water partition coefficient (Wildman–Crippen LogP) is 3.14. The molecule has 0 aliphatic rings. The number of rotatable bonds is 5. The van der Waals surface area contributed by atoms with Crippen molar-refractivity contribution < 1.29 is 14.3 Å². The fourth-order valence-corrected chi connectivity index (χ4v) is 1.56. The SMILES string of the molecule is COCC(=CCc1ccccc1)C(=O)OC(C)(C)C. The van der Waals surface area contributed by atoms with E-state index in [9.17, 15) is 4.79 Å². The normalized spacial score (nSPS) is 12.3. The van der Waals surface area contributed by atoms with Gasteiger partial charge in [0.1, 0.15) is 5.60 Å². The molecule has 0 amide bonds. The van der Waals surface area contributed by atoms with Gasteiger partial charge >= 0.3 is 5.97 Å². The third-order valence-corrected chi connectivity index (χ3v) is 2.39. The second-order valence-corrected chi connectivity index (χ2v) is 5.35. The first-order valence-electron chi connectivity index (χ1n) is 6.37. The van der Waals surface area contributed by atoms with Crippen LogP contribution >= 0.6 is 0 Å². The first kappa shape index (κ1) is 15.4. The lowest BCUT2D eigenvalue weighted by Crippen LogP contribution is -2.26. The smallest absolute Gasteiger partial charge is 0.336 e. The van der Waals surface area contributed by atoms with Crippen molar-refractivity contribution in [2.24, 2.45) is 0 Å². The summed E-state index contributed by atoms with van der Waals surface area (Å²) in [7, 11) is 1.57. The topological polar surface area (TPSA) is 35.5 Å². The predicted molar refractivity (Wildman–Crippen MR) is 76.0 cm³/mol. The van der Waals surface area contributed by atoms with Crippen molar-refractivity contribution in [3.8, 4) is 0 Å². The summed E-state index contributed by atoms with van der Waals surface area (Å²) in [5.41, 5.74) is 1.22. The molecule has 0 fully saturated rings. The highest BCUT2D eigenvalue weighted by atomic mass is 16.6. The molecule has 1 rings (SSSR count). The van der Waals surface area contributed by atoms with Gasteiger partial charge in [0.05, 0.1) is 12.2 Å². The largest absolute Gasteiger partial charge is 0.457 e. The Bertz CT molecular complexity index is 427.